The third-order valence-corrected chi connectivity index (χ3v) is 2.25. The SMILES string of the molecule is Cc1ccc(NCc2ncon2)c(C(=O)O)c1. The average molecular weight is 233 g/mol. The molecule has 1 heterocycles. The molecule has 2 aromatic rings. The van der Waals surface area contributed by atoms with Gasteiger partial charge < -0.3 is 14.9 Å². The first-order chi connectivity index (χ1) is 8.16. The van der Waals surface area contributed by atoms with E-state index in [4.69, 9.17) is 5.11 Å². The van der Waals surface area contributed by atoms with E-state index < -0.39 is 5.97 Å². The Labute approximate surface area is 97.3 Å². The van der Waals surface area contributed by atoms with Crippen LogP contribution in [0.1, 0.15) is 21.7 Å². The van der Waals surface area contributed by atoms with Crippen molar-refractivity contribution < 1.29 is 14.4 Å². The van der Waals surface area contributed by atoms with Crippen molar-refractivity contribution >= 4 is 11.7 Å². The fourth-order valence-electron chi connectivity index (χ4n) is 1.43. The van der Waals surface area contributed by atoms with Crippen LogP contribution in [0, 0.1) is 6.92 Å². The molecule has 0 saturated carbocycles. The lowest BCUT2D eigenvalue weighted by Gasteiger charge is -2.08. The summed E-state index contributed by atoms with van der Waals surface area (Å²) < 4.78 is 4.58. The van der Waals surface area contributed by atoms with Crippen molar-refractivity contribution in [1.82, 2.24) is 10.1 Å². The van der Waals surface area contributed by atoms with Crippen LogP contribution in [0.4, 0.5) is 5.69 Å². The van der Waals surface area contributed by atoms with Crippen molar-refractivity contribution in [3.05, 3.63) is 41.5 Å². The minimum atomic E-state index is -0.968. The lowest BCUT2D eigenvalue weighted by atomic mass is 10.1. The molecule has 0 saturated heterocycles. The number of carboxylic acid groups (broad SMARTS) is 1. The van der Waals surface area contributed by atoms with Gasteiger partial charge in [-0.2, -0.15) is 4.98 Å². The maximum absolute atomic E-state index is 11.0. The van der Waals surface area contributed by atoms with E-state index in [9.17, 15) is 4.79 Å². The Kier molecular flexibility index (Phi) is 3.04. The van der Waals surface area contributed by atoms with Crippen LogP contribution in [0.25, 0.3) is 0 Å². The summed E-state index contributed by atoms with van der Waals surface area (Å²) in [6.07, 6.45) is 1.23. The first-order valence-electron chi connectivity index (χ1n) is 5.00. The molecule has 0 amide bonds. The van der Waals surface area contributed by atoms with Crippen molar-refractivity contribution in [3.8, 4) is 0 Å². The second-order valence-electron chi connectivity index (χ2n) is 3.56. The van der Waals surface area contributed by atoms with Gasteiger partial charge in [0.25, 0.3) is 0 Å². The second-order valence-corrected chi connectivity index (χ2v) is 3.56. The summed E-state index contributed by atoms with van der Waals surface area (Å²) in [5.41, 5.74) is 1.66. The molecule has 17 heavy (non-hydrogen) atoms. The number of aryl methyl sites for hydroxylation is 1. The molecule has 2 N–H and O–H groups in total. The molecular weight excluding hydrogens is 222 g/mol. The fourth-order valence-corrected chi connectivity index (χ4v) is 1.43. The summed E-state index contributed by atoms with van der Waals surface area (Å²) in [6.45, 7) is 2.16. The van der Waals surface area contributed by atoms with Crippen LogP contribution in [0.15, 0.2) is 29.1 Å². The maximum Gasteiger partial charge on any atom is 0.337 e. The van der Waals surface area contributed by atoms with Gasteiger partial charge in [-0.1, -0.05) is 16.8 Å². The Morgan fingerprint density at radius 3 is 3.00 bits per heavy atom. The van der Waals surface area contributed by atoms with Gasteiger partial charge in [0, 0.05) is 5.69 Å². The number of benzene rings is 1. The zero-order chi connectivity index (χ0) is 12.3. The van der Waals surface area contributed by atoms with E-state index in [0.29, 0.717) is 18.1 Å². The summed E-state index contributed by atoms with van der Waals surface area (Å²) in [7, 11) is 0. The molecule has 0 aliphatic heterocycles. The Hall–Kier alpha value is -2.37. The number of carbonyl (C=O) groups is 1. The molecule has 0 bridgehead atoms. The highest BCUT2D eigenvalue weighted by Gasteiger charge is 2.10. The monoisotopic (exact) mass is 233 g/mol. The molecule has 0 unspecified atom stereocenters. The molecule has 88 valence electrons. The molecule has 0 aliphatic carbocycles. The molecule has 0 atom stereocenters. The number of nitrogens with one attached hydrogen (secondary N) is 1. The van der Waals surface area contributed by atoms with E-state index in [0.717, 1.165) is 5.56 Å². The van der Waals surface area contributed by atoms with E-state index in [1.807, 2.05) is 13.0 Å². The van der Waals surface area contributed by atoms with Crippen LogP contribution in [-0.4, -0.2) is 21.2 Å². The highest BCUT2D eigenvalue weighted by molar-refractivity contribution is 5.94. The number of rotatable bonds is 4. The van der Waals surface area contributed by atoms with Gasteiger partial charge in [-0.25, -0.2) is 4.79 Å². The zero-order valence-electron chi connectivity index (χ0n) is 9.17. The van der Waals surface area contributed by atoms with Crippen molar-refractivity contribution in [2.24, 2.45) is 0 Å². The highest BCUT2D eigenvalue weighted by atomic mass is 16.5. The van der Waals surface area contributed by atoms with Crippen molar-refractivity contribution in [3.63, 3.8) is 0 Å². The molecule has 6 nitrogen and oxygen atoms in total. The standard InChI is InChI=1S/C11H11N3O3/c1-7-2-3-9(8(4-7)11(15)16)12-5-10-13-6-17-14-10/h2-4,6,12H,5H2,1H3,(H,15,16). The Morgan fingerprint density at radius 1 is 1.53 bits per heavy atom. The number of carboxylic acids is 1. The molecule has 0 fully saturated rings. The minimum Gasteiger partial charge on any atom is -0.478 e. The van der Waals surface area contributed by atoms with Crippen LogP contribution >= 0.6 is 0 Å². The summed E-state index contributed by atoms with van der Waals surface area (Å²) in [5, 5.41) is 15.6. The molecule has 2 rings (SSSR count). The normalized spacial score (nSPS) is 10.2. The summed E-state index contributed by atoms with van der Waals surface area (Å²) in [6, 6.07) is 5.17. The molecular formula is C11H11N3O3. The predicted molar refractivity (Wildman–Crippen MR) is 59.8 cm³/mol. The number of hydrogen-bond acceptors (Lipinski definition) is 5. The van der Waals surface area contributed by atoms with Crippen LogP contribution < -0.4 is 5.32 Å². The summed E-state index contributed by atoms with van der Waals surface area (Å²) >= 11 is 0. The van der Waals surface area contributed by atoms with Gasteiger partial charge in [0.2, 0.25) is 6.39 Å². The Balaban J connectivity index is 2.17. The molecule has 1 aromatic heterocycles. The first kappa shape index (κ1) is 11.1. The zero-order valence-corrected chi connectivity index (χ0v) is 9.17. The van der Waals surface area contributed by atoms with E-state index in [1.54, 1.807) is 12.1 Å². The van der Waals surface area contributed by atoms with Gasteiger partial charge in [-0.3, -0.25) is 0 Å². The van der Waals surface area contributed by atoms with Gasteiger partial charge in [-0.15, -0.1) is 0 Å². The Morgan fingerprint density at radius 2 is 2.35 bits per heavy atom. The third-order valence-electron chi connectivity index (χ3n) is 2.25. The first-order valence-corrected chi connectivity index (χ1v) is 5.00. The lowest BCUT2D eigenvalue weighted by Crippen LogP contribution is -2.07. The van der Waals surface area contributed by atoms with Crippen LogP contribution in [0.5, 0.6) is 0 Å². The lowest BCUT2D eigenvalue weighted by molar-refractivity contribution is 0.0698. The van der Waals surface area contributed by atoms with Crippen LogP contribution in [0.3, 0.4) is 0 Å². The predicted octanol–water partition coefficient (Wildman–Crippen LogP) is 1.69. The van der Waals surface area contributed by atoms with E-state index in [2.05, 4.69) is 20.0 Å². The quantitative estimate of drug-likeness (QED) is 0.835. The smallest absolute Gasteiger partial charge is 0.337 e. The van der Waals surface area contributed by atoms with E-state index in [-0.39, 0.29) is 5.56 Å². The van der Waals surface area contributed by atoms with Gasteiger partial charge >= 0.3 is 5.97 Å². The molecule has 0 radical (unpaired) electrons. The number of hydrogen-bond donors (Lipinski definition) is 2. The third kappa shape index (κ3) is 2.60. The van der Waals surface area contributed by atoms with Gasteiger partial charge in [0.15, 0.2) is 5.82 Å². The van der Waals surface area contributed by atoms with Gasteiger partial charge in [-0.05, 0) is 19.1 Å². The largest absolute Gasteiger partial charge is 0.478 e. The molecule has 0 aliphatic rings. The summed E-state index contributed by atoms with van der Waals surface area (Å²) in [5.74, 6) is -0.494. The highest BCUT2D eigenvalue weighted by Crippen LogP contribution is 2.17. The average Bonchev–Trinajstić information content (AvgIpc) is 2.80. The van der Waals surface area contributed by atoms with Crippen LogP contribution in [-0.2, 0) is 6.54 Å². The molecule has 6 heteroatoms. The number of nitrogens with zero attached hydrogens (tertiary/aromatic N) is 2. The molecule has 1 aromatic carbocycles. The second kappa shape index (κ2) is 4.65. The van der Waals surface area contributed by atoms with E-state index >= 15 is 0 Å². The van der Waals surface area contributed by atoms with Crippen molar-refractivity contribution in [1.29, 1.82) is 0 Å². The number of anilines is 1. The number of aromatic carboxylic acids is 1. The van der Waals surface area contributed by atoms with Crippen LogP contribution in [0.2, 0.25) is 0 Å². The van der Waals surface area contributed by atoms with Crippen molar-refractivity contribution in [2.75, 3.05) is 5.32 Å². The molecule has 0 spiro atoms. The maximum atomic E-state index is 11.0. The number of aromatic nitrogens is 2. The topological polar surface area (TPSA) is 88.3 Å². The minimum absolute atomic E-state index is 0.230. The van der Waals surface area contributed by atoms with Crippen molar-refractivity contribution in [2.45, 2.75) is 13.5 Å². The van der Waals surface area contributed by atoms with Gasteiger partial charge in [0.05, 0.1) is 12.1 Å². The summed E-state index contributed by atoms with van der Waals surface area (Å²) in [4.78, 5) is 14.9. The fraction of sp³-hybridized carbons (Fsp3) is 0.182. The van der Waals surface area contributed by atoms with Gasteiger partial charge in [0.1, 0.15) is 0 Å². The Bertz CT molecular complexity index is 523. The van der Waals surface area contributed by atoms with E-state index in [1.165, 1.54) is 6.39 Å².